The summed E-state index contributed by atoms with van der Waals surface area (Å²) in [5, 5.41) is 27.2. The van der Waals surface area contributed by atoms with Gasteiger partial charge in [0.1, 0.15) is 37.3 Å². The van der Waals surface area contributed by atoms with E-state index in [0.717, 1.165) is 11.1 Å². The number of carbonyl (C=O) groups excluding carboxylic acids is 2. The zero-order valence-electron chi connectivity index (χ0n) is 28.3. The van der Waals surface area contributed by atoms with E-state index in [1.54, 1.807) is 41.6 Å². The molecular weight excluding hydrogens is 681 g/mol. The number of rotatable bonds is 13. The molecule has 0 bridgehead atoms. The molecular formula is C37H41F3N6O6. The molecule has 0 unspecified atom stereocenters. The summed E-state index contributed by atoms with van der Waals surface area (Å²) >= 11 is 0. The van der Waals surface area contributed by atoms with Gasteiger partial charge in [-0.05, 0) is 36.1 Å². The number of piperazine rings is 1. The highest BCUT2D eigenvalue weighted by Gasteiger charge is 2.37. The van der Waals surface area contributed by atoms with Crippen LogP contribution in [-0.2, 0) is 22.6 Å². The van der Waals surface area contributed by atoms with Gasteiger partial charge in [0, 0.05) is 56.6 Å². The number of nitrogens with one attached hydrogen (secondary N) is 2. The second kappa shape index (κ2) is 16.7. The molecule has 12 nitrogen and oxygen atoms in total. The van der Waals surface area contributed by atoms with Crippen LogP contribution in [0.15, 0.2) is 89.9 Å². The van der Waals surface area contributed by atoms with Crippen LogP contribution in [0, 0.1) is 5.92 Å². The number of fused-ring (bicyclic) bond motifs is 1. The molecule has 4 N–H and O–H groups in total. The largest absolute Gasteiger partial charge is 0.490 e. The second-order valence-electron chi connectivity index (χ2n) is 13.2. The SMILES string of the molecule is O=C(N[C@H]1c2ccccc2OC[C@H]1O)[C@H](Cc1ccccc1)C[C@H](O)CN1CCN(Cc2cncc(-c3ncco3)c2)C[C@H]1C(=O)NCC(F)(F)F. The van der Waals surface area contributed by atoms with Crippen molar-refractivity contribution >= 4 is 11.8 Å². The van der Waals surface area contributed by atoms with Gasteiger partial charge in [0.25, 0.3) is 0 Å². The lowest BCUT2D eigenvalue weighted by Gasteiger charge is -2.41. The molecule has 0 radical (unpaired) electrons. The Morgan fingerprint density at radius 2 is 1.83 bits per heavy atom. The average molecular weight is 723 g/mol. The molecule has 1 fully saturated rings. The first kappa shape index (κ1) is 36.9. The summed E-state index contributed by atoms with van der Waals surface area (Å²) in [4.78, 5) is 39.2. The van der Waals surface area contributed by atoms with E-state index in [2.05, 4.69) is 15.3 Å². The van der Waals surface area contributed by atoms with Gasteiger partial charge in [0.2, 0.25) is 17.7 Å². The predicted octanol–water partition coefficient (Wildman–Crippen LogP) is 3.12. The number of ether oxygens (including phenoxy) is 1. The molecule has 0 aliphatic carbocycles. The number of aliphatic hydroxyl groups is 2. The third kappa shape index (κ3) is 9.73. The van der Waals surface area contributed by atoms with E-state index in [9.17, 15) is 33.0 Å². The van der Waals surface area contributed by atoms with Crippen LogP contribution >= 0.6 is 0 Å². The highest BCUT2D eigenvalue weighted by atomic mass is 19.4. The van der Waals surface area contributed by atoms with E-state index < -0.39 is 48.8 Å². The lowest BCUT2D eigenvalue weighted by atomic mass is 9.90. The van der Waals surface area contributed by atoms with E-state index in [-0.39, 0.29) is 45.0 Å². The van der Waals surface area contributed by atoms with Crippen LogP contribution in [0.3, 0.4) is 0 Å². The van der Waals surface area contributed by atoms with Gasteiger partial charge in [-0.25, -0.2) is 4.98 Å². The van der Waals surface area contributed by atoms with Gasteiger partial charge in [-0.2, -0.15) is 13.2 Å². The third-order valence-electron chi connectivity index (χ3n) is 9.27. The number of aliphatic hydroxyl groups excluding tert-OH is 2. The first-order chi connectivity index (χ1) is 25.0. The van der Waals surface area contributed by atoms with Gasteiger partial charge in [0.15, 0.2) is 0 Å². The van der Waals surface area contributed by atoms with Crippen molar-refractivity contribution in [1.82, 2.24) is 30.4 Å². The number of alkyl halides is 3. The molecule has 6 rings (SSSR count). The molecule has 15 heteroatoms. The number of amides is 2. The molecule has 2 aromatic heterocycles. The summed E-state index contributed by atoms with van der Waals surface area (Å²) in [7, 11) is 0. The number of oxazole rings is 1. The molecule has 5 atom stereocenters. The Morgan fingerprint density at radius 3 is 2.60 bits per heavy atom. The average Bonchev–Trinajstić information content (AvgIpc) is 3.68. The first-order valence-electron chi connectivity index (χ1n) is 17.1. The fraction of sp³-hybridized carbons (Fsp3) is 0.405. The molecule has 276 valence electrons. The minimum atomic E-state index is -4.60. The van der Waals surface area contributed by atoms with Crippen molar-refractivity contribution in [1.29, 1.82) is 0 Å². The monoisotopic (exact) mass is 722 g/mol. The Hall–Kier alpha value is -4.83. The third-order valence-corrected chi connectivity index (χ3v) is 9.27. The van der Waals surface area contributed by atoms with Crippen molar-refractivity contribution in [2.75, 3.05) is 39.3 Å². The number of para-hydroxylation sites is 1. The van der Waals surface area contributed by atoms with Gasteiger partial charge < -0.3 is 30.0 Å². The summed E-state index contributed by atoms with van der Waals surface area (Å²) in [6.45, 7) is -0.360. The Bertz CT molecular complexity index is 1780. The normalized spacial score (nSPS) is 20.7. The lowest BCUT2D eigenvalue weighted by molar-refractivity contribution is -0.143. The van der Waals surface area contributed by atoms with Crippen LogP contribution in [0.4, 0.5) is 13.2 Å². The zero-order chi connectivity index (χ0) is 36.7. The fourth-order valence-corrected chi connectivity index (χ4v) is 6.76. The summed E-state index contributed by atoms with van der Waals surface area (Å²) in [6.07, 6.45) is -0.179. The molecule has 1 saturated heterocycles. The molecule has 0 saturated carbocycles. The Balaban J connectivity index is 1.15. The molecule has 4 heterocycles. The fourth-order valence-electron chi connectivity index (χ4n) is 6.76. The van der Waals surface area contributed by atoms with Crippen LogP contribution in [0.1, 0.15) is 29.2 Å². The molecule has 0 spiro atoms. The van der Waals surface area contributed by atoms with Crippen LogP contribution in [0.5, 0.6) is 5.75 Å². The number of hydrogen-bond acceptors (Lipinski definition) is 10. The van der Waals surface area contributed by atoms with Gasteiger partial charge >= 0.3 is 6.18 Å². The number of pyridine rings is 1. The Labute approximate surface area is 298 Å². The maximum Gasteiger partial charge on any atom is 0.405 e. The van der Waals surface area contributed by atoms with Crippen molar-refractivity contribution in [3.63, 3.8) is 0 Å². The topological polar surface area (TPSA) is 153 Å². The number of halogens is 3. The standard InChI is InChI=1S/C37H41F3N6O6/c38-37(39,40)23-43-35(50)30-21-45(19-25-15-27(18-41-17-25)36-42-10-13-51-36)11-12-46(30)20-28(47)16-26(14-24-6-2-1-3-7-24)34(49)44-33-29-8-4-5-9-32(29)52-22-31(33)48/h1-10,13,15,17-18,26,28,30-31,33,47-48H,11-12,14,16,19-23H2,(H,43,50)(H,44,49)/t26-,28+,30+,31-,33+/m1/s1. The molecule has 2 aromatic carbocycles. The van der Waals surface area contributed by atoms with Crippen molar-refractivity contribution < 1.29 is 42.1 Å². The minimum Gasteiger partial charge on any atom is -0.490 e. The maximum absolute atomic E-state index is 13.9. The summed E-state index contributed by atoms with van der Waals surface area (Å²) in [5.74, 6) is -0.974. The zero-order valence-corrected chi connectivity index (χ0v) is 28.3. The van der Waals surface area contributed by atoms with E-state index in [4.69, 9.17) is 9.15 Å². The predicted molar refractivity (Wildman–Crippen MR) is 183 cm³/mol. The van der Waals surface area contributed by atoms with Crippen molar-refractivity contribution in [2.45, 2.75) is 49.9 Å². The van der Waals surface area contributed by atoms with E-state index in [1.807, 2.05) is 46.6 Å². The summed E-state index contributed by atoms with van der Waals surface area (Å²) in [6, 6.07) is 16.6. The molecule has 2 aliphatic rings. The van der Waals surface area contributed by atoms with Crippen LogP contribution in [0.25, 0.3) is 11.5 Å². The molecule has 4 aromatic rings. The maximum atomic E-state index is 13.9. The smallest absolute Gasteiger partial charge is 0.405 e. The summed E-state index contributed by atoms with van der Waals surface area (Å²) in [5.41, 5.74) is 2.96. The van der Waals surface area contributed by atoms with Crippen LogP contribution in [0.2, 0.25) is 0 Å². The molecule has 2 aliphatic heterocycles. The quantitative estimate of drug-likeness (QED) is 0.162. The lowest BCUT2D eigenvalue weighted by Crippen LogP contribution is -2.60. The number of β-amino-alcohol motifs (C(OH)–C–C–N with tert-alkyl or cyclic N) is 1. The van der Waals surface area contributed by atoms with Crippen molar-refractivity contribution in [3.8, 4) is 17.2 Å². The number of hydrogen-bond donors (Lipinski definition) is 4. The van der Waals surface area contributed by atoms with Gasteiger partial charge in [0.05, 0.1) is 23.9 Å². The molecule has 52 heavy (non-hydrogen) atoms. The van der Waals surface area contributed by atoms with Crippen molar-refractivity contribution in [2.24, 2.45) is 5.92 Å². The highest BCUT2D eigenvalue weighted by Crippen LogP contribution is 2.32. The second-order valence-corrected chi connectivity index (χ2v) is 13.2. The van der Waals surface area contributed by atoms with Crippen LogP contribution in [-0.4, -0.2) is 106 Å². The van der Waals surface area contributed by atoms with Crippen LogP contribution < -0.4 is 15.4 Å². The molecule has 2 amide bonds. The number of nitrogens with zero attached hydrogens (tertiary/aromatic N) is 4. The van der Waals surface area contributed by atoms with Crippen molar-refractivity contribution in [3.05, 3.63) is 102 Å². The minimum absolute atomic E-state index is 0.000835. The first-order valence-corrected chi connectivity index (χ1v) is 17.1. The van der Waals surface area contributed by atoms with Gasteiger partial charge in [-0.1, -0.05) is 48.5 Å². The number of carbonyl (C=O) groups is 2. The van der Waals surface area contributed by atoms with Gasteiger partial charge in [-0.15, -0.1) is 0 Å². The Kier molecular flexibility index (Phi) is 11.8. The number of benzene rings is 2. The van der Waals surface area contributed by atoms with E-state index in [0.29, 0.717) is 35.9 Å². The van der Waals surface area contributed by atoms with E-state index in [1.165, 1.54) is 12.5 Å². The Morgan fingerprint density at radius 1 is 1.04 bits per heavy atom. The van der Waals surface area contributed by atoms with Gasteiger partial charge in [-0.3, -0.25) is 24.4 Å². The highest BCUT2D eigenvalue weighted by molar-refractivity contribution is 5.82. The van der Waals surface area contributed by atoms with E-state index >= 15 is 0 Å². The number of aromatic nitrogens is 2. The summed E-state index contributed by atoms with van der Waals surface area (Å²) < 4.78 is 50.4.